The first-order valence-electron chi connectivity index (χ1n) is 7.15. The molecule has 0 saturated carbocycles. The summed E-state index contributed by atoms with van der Waals surface area (Å²) in [7, 11) is 0. The number of thiocarbonyl (C=S) groups is 1. The van der Waals surface area contributed by atoms with Gasteiger partial charge in [-0.25, -0.2) is 0 Å². The molecular weight excluding hydrogens is 347 g/mol. The number of amides is 1. The van der Waals surface area contributed by atoms with Gasteiger partial charge in [0, 0.05) is 18.7 Å². The predicted octanol–water partition coefficient (Wildman–Crippen LogP) is 1.87. The number of carbonyl (C=O) groups excluding carboxylic acids is 1. The summed E-state index contributed by atoms with van der Waals surface area (Å²) in [5, 5.41) is 3.12. The molecule has 0 bridgehead atoms. The molecule has 0 aliphatic carbocycles. The molecule has 1 saturated heterocycles. The van der Waals surface area contributed by atoms with E-state index in [-0.39, 0.29) is 16.8 Å². The maximum atomic E-state index is 12.1. The van der Waals surface area contributed by atoms with Gasteiger partial charge in [-0.05, 0) is 49.3 Å². The Kier molecular flexibility index (Phi) is 6.21. The molecule has 1 aliphatic rings. The molecule has 10 heteroatoms. The van der Waals surface area contributed by atoms with Gasteiger partial charge in [-0.1, -0.05) is 0 Å². The van der Waals surface area contributed by atoms with Gasteiger partial charge in [0.1, 0.15) is 5.75 Å². The van der Waals surface area contributed by atoms with Gasteiger partial charge in [0.25, 0.3) is 5.91 Å². The van der Waals surface area contributed by atoms with Crippen LogP contribution < -0.4 is 20.9 Å². The molecular formula is C14H16F3N3O3S. The average Bonchev–Trinajstić information content (AvgIpc) is 3.03. The molecule has 0 spiro atoms. The fourth-order valence-corrected chi connectivity index (χ4v) is 2.18. The number of alkyl halides is 3. The van der Waals surface area contributed by atoms with Gasteiger partial charge in [-0.2, -0.15) is 0 Å². The Morgan fingerprint density at radius 3 is 2.58 bits per heavy atom. The number of carbonyl (C=O) groups is 1. The fraction of sp³-hybridized carbons (Fsp3) is 0.429. The Labute approximate surface area is 141 Å². The van der Waals surface area contributed by atoms with E-state index in [4.69, 9.17) is 17.0 Å². The Morgan fingerprint density at radius 1 is 1.29 bits per heavy atom. The Balaban J connectivity index is 1.74. The van der Waals surface area contributed by atoms with Crippen LogP contribution in [0.1, 0.15) is 23.2 Å². The zero-order chi connectivity index (χ0) is 17.6. The summed E-state index contributed by atoms with van der Waals surface area (Å²) >= 11 is 5.00. The monoisotopic (exact) mass is 363 g/mol. The summed E-state index contributed by atoms with van der Waals surface area (Å²) in [6, 6.07) is 4.52. The van der Waals surface area contributed by atoms with E-state index in [0.29, 0.717) is 6.54 Å². The lowest BCUT2D eigenvalue weighted by Gasteiger charge is -2.14. The third-order valence-corrected chi connectivity index (χ3v) is 3.40. The standard InChI is InChI=1S/C14H16F3N3O3S/c15-14(16,17)23-10-5-3-9(4-6-10)12(21)19-20-13(24)18-8-11-2-1-7-22-11/h3-6,11H,1-2,7-8H2,(H,19,21)(H2,18,20,24)/t11-/m0/s1. The van der Waals surface area contributed by atoms with Crippen molar-refractivity contribution in [2.24, 2.45) is 0 Å². The highest BCUT2D eigenvalue weighted by Gasteiger charge is 2.31. The fourth-order valence-electron chi connectivity index (χ4n) is 2.05. The van der Waals surface area contributed by atoms with E-state index in [1.165, 1.54) is 12.1 Å². The van der Waals surface area contributed by atoms with E-state index >= 15 is 0 Å². The lowest BCUT2D eigenvalue weighted by Crippen LogP contribution is -2.48. The van der Waals surface area contributed by atoms with Gasteiger partial charge in [-0.3, -0.25) is 15.6 Å². The molecule has 132 valence electrons. The van der Waals surface area contributed by atoms with Crippen LogP contribution in [-0.2, 0) is 4.74 Å². The topological polar surface area (TPSA) is 71.6 Å². The molecule has 2 rings (SSSR count). The highest BCUT2D eigenvalue weighted by atomic mass is 32.1. The highest BCUT2D eigenvalue weighted by molar-refractivity contribution is 7.80. The molecule has 1 heterocycles. The first-order chi connectivity index (χ1) is 11.3. The van der Waals surface area contributed by atoms with Crippen LogP contribution in [0, 0.1) is 0 Å². The molecule has 1 aromatic carbocycles. The van der Waals surface area contributed by atoms with Crippen molar-refractivity contribution in [3.05, 3.63) is 29.8 Å². The highest BCUT2D eigenvalue weighted by Crippen LogP contribution is 2.22. The number of rotatable bonds is 4. The van der Waals surface area contributed by atoms with Crippen LogP contribution in [-0.4, -0.2) is 36.6 Å². The third-order valence-electron chi connectivity index (χ3n) is 3.15. The number of hydrogen-bond donors (Lipinski definition) is 3. The van der Waals surface area contributed by atoms with E-state index < -0.39 is 18.0 Å². The third kappa shape index (κ3) is 6.20. The molecule has 1 atom stereocenters. The lowest BCUT2D eigenvalue weighted by molar-refractivity contribution is -0.274. The van der Waals surface area contributed by atoms with Crippen molar-refractivity contribution in [3.8, 4) is 5.75 Å². The smallest absolute Gasteiger partial charge is 0.406 e. The number of hydrazine groups is 1. The Hall–Kier alpha value is -2.07. The van der Waals surface area contributed by atoms with Crippen molar-refractivity contribution < 1.29 is 27.4 Å². The summed E-state index contributed by atoms with van der Waals surface area (Å²) in [4.78, 5) is 11.9. The molecule has 1 fully saturated rings. The van der Waals surface area contributed by atoms with Gasteiger partial charge in [0.15, 0.2) is 5.11 Å². The average molecular weight is 363 g/mol. The van der Waals surface area contributed by atoms with Gasteiger partial charge >= 0.3 is 6.36 Å². The van der Waals surface area contributed by atoms with Crippen LogP contribution in [0.2, 0.25) is 0 Å². The van der Waals surface area contributed by atoms with Crippen molar-refractivity contribution in [2.45, 2.75) is 25.3 Å². The van der Waals surface area contributed by atoms with Crippen LogP contribution in [0.15, 0.2) is 24.3 Å². The number of ether oxygens (including phenoxy) is 2. The molecule has 3 N–H and O–H groups in total. The number of hydrogen-bond acceptors (Lipinski definition) is 4. The van der Waals surface area contributed by atoms with E-state index in [2.05, 4.69) is 20.9 Å². The van der Waals surface area contributed by atoms with Crippen LogP contribution in [0.25, 0.3) is 0 Å². The Bertz CT molecular complexity index is 575. The number of halogens is 3. The molecule has 1 aromatic rings. The van der Waals surface area contributed by atoms with Crippen LogP contribution in [0.4, 0.5) is 13.2 Å². The first kappa shape index (κ1) is 18.3. The van der Waals surface area contributed by atoms with E-state index in [1.54, 1.807) is 0 Å². The normalized spacial score (nSPS) is 17.2. The maximum Gasteiger partial charge on any atom is 0.573 e. The summed E-state index contributed by atoms with van der Waals surface area (Å²) in [6.07, 6.45) is -2.71. The summed E-state index contributed by atoms with van der Waals surface area (Å²) in [6.45, 7) is 1.27. The second kappa shape index (κ2) is 8.15. The number of benzene rings is 1. The lowest BCUT2D eigenvalue weighted by atomic mass is 10.2. The van der Waals surface area contributed by atoms with Gasteiger partial charge in [-0.15, -0.1) is 13.2 Å². The van der Waals surface area contributed by atoms with Crippen LogP contribution in [0.3, 0.4) is 0 Å². The maximum absolute atomic E-state index is 12.1. The molecule has 1 amide bonds. The molecule has 1 aliphatic heterocycles. The zero-order valence-electron chi connectivity index (χ0n) is 12.5. The molecule has 0 unspecified atom stereocenters. The minimum atomic E-state index is -4.77. The molecule has 6 nitrogen and oxygen atoms in total. The largest absolute Gasteiger partial charge is 0.573 e. The second-order valence-corrected chi connectivity index (χ2v) is 5.40. The second-order valence-electron chi connectivity index (χ2n) is 5.00. The minimum absolute atomic E-state index is 0.0987. The SMILES string of the molecule is O=C(NNC(=S)NC[C@@H]1CCCO1)c1ccc(OC(F)(F)F)cc1. The van der Waals surface area contributed by atoms with E-state index in [9.17, 15) is 18.0 Å². The molecule has 0 radical (unpaired) electrons. The Morgan fingerprint density at radius 2 is 2.00 bits per heavy atom. The number of nitrogens with one attached hydrogen (secondary N) is 3. The minimum Gasteiger partial charge on any atom is -0.406 e. The zero-order valence-corrected chi connectivity index (χ0v) is 13.3. The first-order valence-corrected chi connectivity index (χ1v) is 7.56. The van der Waals surface area contributed by atoms with Gasteiger partial charge in [0.05, 0.1) is 6.10 Å². The van der Waals surface area contributed by atoms with Crippen LogP contribution >= 0.6 is 12.2 Å². The van der Waals surface area contributed by atoms with E-state index in [1.807, 2.05) is 0 Å². The predicted molar refractivity (Wildman–Crippen MR) is 83.3 cm³/mol. The van der Waals surface area contributed by atoms with Gasteiger partial charge in [0.2, 0.25) is 0 Å². The van der Waals surface area contributed by atoms with Crippen molar-refractivity contribution in [1.82, 2.24) is 16.2 Å². The molecule has 0 aromatic heterocycles. The quantitative estimate of drug-likeness (QED) is 0.560. The summed E-state index contributed by atoms with van der Waals surface area (Å²) in [5.41, 5.74) is 5.01. The van der Waals surface area contributed by atoms with Crippen molar-refractivity contribution in [2.75, 3.05) is 13.2 Å². The molecule has 24 heavy (non-hydrogen) atoms. The summed E-state index contributed by atoms with van der Waals surface area (Å²) in [5.74, 6) is -0.949. The van der Waals surface area contributed by atoms with Crippen molar-refractivity contribution in [3.63, 3.8) is 0 Å². The summed E-state index contributed by atoms with van der Waals surface area (Å²) < 4.78 is 45.3. The van der Waals surface area contributed by atoms with Crippen molar-refractivity contribution in [1.29, 1.82) is 0 Å². The van der Waals surface area contributed by atoms with Crippen molar-refractivity contribution >= 4 is 23.2 Å². The van der Waals surface area contributed by atoms with Gasteiger partial charge < -0.3 is 14.8 Å². The van der Waals surface area contributed by atoms with E-state index in [0.717, 1.165) is 31.6 Å². The van der Waals surface area contributed by atoms with Crippen LogP contribution in [0.5, 0.6) is 5.75 Å².